The van der Waals surface area contributed by atoms with E-state index in [9.17, 15) is 0 Å². The third kappa shape index (κ3) is 7.48. The lowest BCUT2D eigenvalue weighted by Crippen LogP contribution is -2.38. The maximum Gasteiger partial charge on any atom is 0.186 e. The fraction of sp³-hybridized carbons (Fsp3) is 0.500. The Morgan fingerprint density at radius 1 is 0.558 bits per heavy atom. The molecule has 1 atom stereocenters. The van der Waals surface area contributed by atoms with Crippen molar-refractivity contribution >= 4 is 22.7 Å². The lowest BCUT2D eigenvalue weighted by Gasteiger charge is -2.40. The molecule has 4 aromatic rings. The first-order valence-electron chi connectivity index (χ1n) is 17.2. The second kappa shape index (κ2) is 15.6. The van der Waals surface area contributed by atoms with Gasteiger partial charge in [-0.25, -0.2) is 0 Å². The summed E-state index contributed by atoms with van der Waals surface area (Å²) in [6.45, 7) is 9.16. The highest BCUT2D eigenvalue weighted by Gasteiger charge is 2.46. The Hall–Kier alpha value is -2.36. The number of rotatable bonds is 17. The van der Waals surface area contributed by atoms with Crippen molar-refractivity contribution in [3.63, 3.8) is 0 Å². The Balaban J connectivity index is 1.64. The molecule has 3 heterocycles. The van der Waals surface area contributed by atoms with Gasteiger partial charge in [-0.2, -0.15) is 0 Å². The molecular weight excluding hydrogens is 561 g/mol. The van der Waals surface area contributed by atoms with Gasteiger partial charge in [0.25, 0.3) is 0 Å². The van der Waals surface area contributed by atoms with E-state index in [1.165, 1.54) is 126 Å². The zero-order valence-corrected chi connectivity index (χ0v) is 28.7. The van der Waals surface area contributed by atoms with Crippen molar-refractivity contribution in [3.8, 4) is 15.5 Å². The summed E-state index contributed by atoms with van der Waals surface area (Å²) in [5, 5.41) is 4.47. The molecule has 0 saturated heterocycles. The molecule has 0 bridgehead atoms. The summed E-state index contributed by atoms with van der Waals surface area (Å²) in [6, 6.07) is 19.3. The summed E-state index contributed by atoms with van der Waals surface area (Å²) < 4.78 is 7.38. The van der Waals surface area contributed by atoms with Crippen molar-refractivity contribution in [3.05, 3.63) is 98.2 Å². The van der Waals surface area contributed by atoms with Crippen LogP contribution in [0.15, 0.2) is 59.3 Å². The van der Waals surface area contributed by atoms with Gasteiger partial charge in [0.2, 0.25) is 0 Å². The molecule has 1 nitrogen and oxygen atoms in total. The lowest BCUT2D eigenvalue weighted by atomic mass is 9.76. The Morgan fingerprint density at radius 3 is 1.65 bits per heavy atom. The zero-order chi connectivity index (χ0) is 30.1. The summed E-state index contributed by atoms with van der Waals surface area (Å²) in [6.07, 6.45) is 18.9. The summed E-state index contributed by atoms with van der Waals surface area (Å²) in [5.41, 5.74) is 8.98. The summed E-state index contributed by atoms with van der Waals surface area (Å²) in [4.78, 5) is 2.66. The van der Waals surface area contributed by atoms with Crippen LogP contribution in [0.2, 0.25) is 0 Å². The topological polar surface area (TPSA) is 9.23 Å². The highest BCUT2D eigenvalue weighted by atomic mass is 32.1. The second-order valence-corrected chi connectivity index (χ2v) is 14.6. The van der Waals surface area contributed by atoms with Crippen LogP contribution in [0.1, 0.15) is 137 Å². The molecule has 2 aromatic heterocycles. The molecule has 0 N–H and O–H groups in total. The molecule has 43 heavy (non-hydrogen) atoms. The maximum absolute atomic E-state index is 7.38. The molecule has 0 spiro atoms. The van der Waals surface area contributed by atoms with Crippen LogP contribution >= 0.6 is 22.7 Å². The van der Waals surface area contributed by atoms with Crippen molar-refractivity contribution in [1.29, 1.82) is 0 Å². The van der Waals surface area contributed by atoms with Crippen molar-refractivity contribution in [2.24, 2.45) is 0 Å². The molecule has 1 aliphatic rings. The number of unbranched alkanes of at least 4 members (excludes halogenated alkanes) is 9. The van der Waals surface area contributed by atoms with Gasteiger partial charge in [-0.1, -0.05) is 121 Å². The Bertz CT molecular complexity index is 1410. The van der Waals surface area contributed by atoms with Gasteiger partial charge >= 0.3 is 0 Å². The van der Waals surface area contributed by atoms with Crippen LogP contribution in [0, 0.1) is 6.92 Å². The third-order valence-electron chi connectivity index (χ3n) is 9.10. The van der Waals surface area contributed by atoms with E-state index in [1.54, 1.807) is 0 Å². The number of hydrogen-bond acceptors (Lipinski definition) is 3. The van der Waals surface area contributed by atoms with Crippen molar-refractivity contribution in [2.75, 3.05) is 0 Å². The quantitative estimate of drug-likeness (QED) is 0.108. The first-order valence-corrected chi connectivity index (χ1v) is 18.9. The largest absolute Gasteiger partial charge is 0.471 e. The van der Waals surface area contributed by atoms with E-state index in [2.05, 4.69) is 87.0 Å². The monoisotopic (exact) mass is 612 g/mol. The van der Waals surface area contributed by atoms with Gasteiger partial charge in [-0.3, -0.25) is 0 Å². The van der Waals surface area contributed by atoms with Crippen LogP contribution in [-0.2, 0) is 24.9 Å². The Morgan fingerprint density at radius 2 is 1.07 bits per heavy atom. The van der Waals surface area contributed by atoms with Crippen LogP contribution in [0.4, 0.5) is 0 Å². The van der Waals surface area contributed by atoms with Gasteiger partial charge in [0.1, 0.15) is 5.75 Å². The van der Waals surface area contributed by atoms with E-state index in [1.807, 2.05) is 22.7 Å². The number of fused-ring (bicyclic) bond motifs is 3. The fourth-order valence-corrected chi connectivity index (χ4v) is 8.80. The van der Waals surface area contributed by atoms with Crippen LogP contribution in [0.5, 0.6) is 5.75 Å². The molecule has 1 aliphatic heterocycles. The van der Waals surface area contributed by atoms with E-state index in [0.29, 0.717) is 0 Å². The van der Waals surface area contributed by atoms with E-state index >= 15 is 0 Å². The van der Waals surface area contributed by atoms with Crippen molar-refractivity contribution in [1.82, 2.24) is 0 Å². The van der Waals surface area contributed by atoms with E-state index in [4.69, 9.17) is 4.74 Å². The van der Waals surface area contributed by atoms with E-state index in [-0.39, 0.29) is 0 Å². The standard InChI is InChI=1S/C40H52OS2/c1-5-8-11-14-17-31-24-30(4)25-34(27-31)40(36-20-22-42-38(36)39-37(41-40)21-23-43-39)35-28-32(18-15-12-9-6-2)26-33(29-35)19-16-13-10-7-3/h20-29H,5-19H2,1-4H3. The van der Waals surface area contributed by atoms with E-state index in [0.717, 1.165) is 25.0 Å². The predicted octanol–water partition coefficient (Wildman–Crippen LogP) is 12.8. The average Bonchev–Trinajstić information content (AvgIpc) is 3.69. The second-order valence-electron chi connectivity index (χ2n) is 12.7. The van der Waals surface area contributed by atoms with Gasteiger partial charge in [0.15, 0.2) is 5.60 Å². The molecule has 0 fully saturated rings. The summed E-state index contributed by atoms with van der Waals surface area (Å²) in [7, 11) is 0. The molecule has 1 unspecified atom stereocenters. The van der Waals surface area contributed by atoms with Gasteiger partial charge in [0.05, 0.1) is 9.75 Å². The first-order chi connectivity index (χ1) is 21.1. The highest BCUT2D eigenvalue weighted by Crippen LogP contribution is 2.55. The normalized spacial score (nSPS) is 15.7. The van der Waals surface area contributed by atoms with Crippen molar-refractivity contribution in [2.45, 2.75) is 130 Å². The van der Waals surface area contributed by atoms with Crippen LogP contribution < -0.4 is 4.74 Å². The number of thiophene rings is 2. The van der Waals surface area contributed by atoms with Gasteiger partial charge in [-0.15, -0.1) is 22.7 Å². The summed E-state index contributed by atoms with van der Waals surface area (Å²) >= 11 is 3.68. The molecular formula is C40H52OS2. The smallest absolute Gasteiger partial charge is 0.186 e. The molecule has 3 heteroatoms. The molecule has 0 saturated carbocycles. The highest BCUT2D eigenvalue weighted by molar-refractivity contribution is 7.20. The Kier molecular flexibility index (Phi) is 11.6. The summed E-state index contributed by atoms with van der Waals surface area (Å²) in [5.74, 6) is 1.03. The zero-order valence-electron chi connectivity index (χ0n) is 27.1. The number of benzene rings is 2. The molecule has 230 valence electrons. The molecule has 0 radical (unpaired) electrons. The number of aryl methyl sites for hydroxylation is 4. The predicted molar refractivity (Wildman–Crippen MR) is 189 cm³/mol. The third-order valence-corrected chi connectivity index (χ3v) is 11.1. The SMILES string of the molecule is CCCCCCc1cc(C)cc(C2(c3cc(CCCCCC)cc(CCCCCC)c3)Oc3ccsc3-c3sccc32)c1. The minimum atomic E-state index is -0.648. The fourth-order valence-electron chi connectivity index (χ4n) is 6.85. The van der Waals surface area contributed by atoms with E-state index < -0.39 is 5.60 Å². The van der Waals surface area contributed by atoms with Crippen LogP contribution in [-0.4, -0.2) is 0 Å². The van der Waals surface area contributed by atoms with Crippen LogP contribution in [0.25, 0.3) is 9.75 Å². The van der Waals surface area contributed by atoms with Crippen molar-refractivity contribution < 1.29 is 4.74 Å². The van der Waals surface area contributed by atoms with Gasteiger partial charge in [-0.05, 0) is 85.0 Å². The molecule has 0 aliphatic carbocycles. The van der Waals surface area contributed by atoms with Gasteiger partial charge in [0, 0.05) is 16.7 Å². The minimum Gasteiger partial charge on any atom is -0.471 e. The first kappa shape index (κ1) is 32.0. The van der Waals surface area contributed by atoms with Crippen LogP contribution in [0.3, 0.4) is 0 Å². The lowest BCUT2D eigenvalue weighted by molar-refractivity contribution is 0.153. The number of hydrogen-bond donors (Lipinski definition) is 0. The molecule has 0 amide bonds. The molecule has 2 aromatic carbocycles. The molecule has 5 rings (SSSR count). The number of ether oxygens (including phenoxy) is 1. The van der Waals surface area contributed by atoms with Gasteiger partial charge < -0.3 is 4.74 Å². The minimum absolute atomic E-state index is 0.648. The Labute approximate surface area is 269 Å². The maximum atomic E-state index is 7.38. The average molecular weight is 613 g/mol.